The van der Waals surface area contributed by atoms with E-state index < -0.39 is 5.97 Å². The Labute approximate surface area is 148 Å². The Morgan fingerprint density at radius 1 is 1.36 bits per heavy atom. The molecule has 0 bridgehead atoms. The number of carboxylic acid groups (broad SMARTS) is 1. The fourth-order valence-corrected chi connectivity index (χ4v) is 2.76. The van der Waals surface area contributed by atoms with Crippen LogP contribution in [0, 0.1) is 0 Å². The van der Waals surface area contributed by atoms with E-state index in [9.17, 15) is 9.59 Å². The molecular formula is C18H26N2O5. The molecule has 7 heteroatoms. The molecule has 2 rings (SSSR count). The van der Waals surface area contributed by atoms with Crippen LogP contribution in [-0.4, -0.2) is 79.3 Å². The van der Waals surface area contributed by atoms with Gasteiger partial charge in [0, 0.05) is 19.6 Å². The topological polar surface area (TPSA) is 79.3 Å². The molecule has 1 saturated heterocycles. The van der Waals surface area contributed by atoms with Gasteiger partial charge >= 0.3 is 5.97 Å². The molecular weight excluding hydrogens is 324 g/mol. The van der Waals surface area contributed by atoms with Gasteiger partial charge in [-0.05, 0) is 31.2 Å². The van der Waals surface area contributed by atoms with E-state index in [1.54, 1.807) is 16.8 Å². The monoisotopic (exact) mass is 350 g/mol. The molecule has 0 unspecified atom stereocenters. The van der Waals surface area contributed by atoms with E-state index in [0.29, 0.717) is 32.0 Å². The summed E-state index contributed by atoms with van der Waals surface area (Å²) in [7, 11) is 1.72. The van der Waals surface area contributed by atoms with Crippen molar-refractivity contribution in [3.8, 4) is 5.75 Å². The van der Waals surface area contributed by atoms with Crippen molar-refractivity contribution in [3.05, 3.63) is 29.8 Å². The van der Waals surface area contributed by atoms with E-state index in [-0.39, 0.29) is 25.2 Å². The zero-order valence-electron chi connectivity index (χ0n) is 14.8. The summed E-state index contributed by atoms with van der Waals surface area (Å²) in [4.78, 5) is 26.4. The molecule has 1 aromatic rings. The van der Waals surface area contributed by atoms with Crippen LogP contribution in [0.5, 0.6) is 5.75 Å². The Kier molecular flexibility index (Phi) is 7.21. The van der Waals surface area contributed by atoms with Crippen LogP contribution in [0.25, 0.3) is 0 Å². The van der Waals surface area contributed by atoms with Gasteiger partial charge in [-0.25, -0.2) is 0 Å². The average molecular weight is 350 g/mol. The lowest BCUT2D eigenvalue weighted by Crippen LogP contribution is -2.50. The van der Waals surface area contributed by atoms with E-state index in [4.69, 9.17) is 14.6 Å². The van der Waals surface area contributed by atoms with Crippen molar-refractivity contribution in [2.24, 2.45) is 0 Å². The van der Waals surface area contributed by atoms with Crippen molar-refractivity contribution in [3.63, 3.8) is 0 Å². The van der Waals surface area contributed by atoms with Gasteiger partial charge in [0.25, 0.3) is 5.91 Å². The quantitative estimate of drug-likeness (QED) is 0.750. The third kappa shape index (κ3) is 6.36. The van der Waals surface area contributed by atoms with E-state index >= 15 is 0 Å². The average Bonchev–Trinajstić information content (AvgIpc) is 2.59. The van der Waals surface area contributed by atoms with Crippen molar-refractivity contribution >= 4 is 11.9 Å². The number of hydrogen-bond donors (Lipinski definition) is 1. The SMILES string of the molecule is CCc1ccc(OCC(=O)N2CCO[C@@H](CN(C)CC(=O)O)C2)cc1. The molecule has 0 aliphatic carbocycles. The molecule has 1 heterocycles. The highest BCUT2D eigenvalue weighted by molar-refractivity contribution is 5.78. The van der Waals surface area contributed by atoms with Gasteiger partial charge in [0.2, 0.25) is 0 Å². The van der Waals surface area contributed by atoms with E-state index in [1.165, 1.54) is 5.56 Å². The minimum absolute atomic E-state index is 0.0108. The number of carboxylic acids is 1. The first-order valence-electron chi connectivity index (χ1n) is 8.49. The van der Waals surface area contributed by atoms with Crippen LogP contribution in [0.4, 0.5) is 0 Å². The minimum Gasteiger partial charge on any atom is -0.484 e. The van der Waals surface area contributed by atoms with Gasteiger partial charge in [0.05, 0.1) is 19.3 Å². The van der Waals surface area contributed by atoms with Gasteiger partial charge < -0.3 is 19.5 Å². The molecule has 1 N–H and O–H groups in total. The number of carbonyl (C=O) groups is 2. The number of ether oxygens (including phenoxy) is 2. The second-order valence-corrected chi connectivity index (χ2v) is 6.21. The number of rotatable bonds is 8. The number of morpholine rings is 1. The molecule has 0 radical (unpaired) electrons. The van der Waals surface area contributed by atoms with E-state index in [2.05, 4.69) is 6.92 Å². The second kappa shape index (κ2) is 9.39. The first-order valence-corrected chi connectivity index (χ1v) is 8.49. The Bertz CT molecular complexity index is 575. The summed E-state index contributed by atoms with van der Waals surface area (Å²) in [6, 6.07) is 7.72. The Hall–Kier alpha value is -2.12. The summed E-state index contributed by atoms with van der Waals surface area (Å²) in [6.07, 6.45) is 0.774. The van der Waals surface area contributed by atoms with Crippen molar-refractivity contribution in [2.75, 3.05) is 46.4 Å². The lowest BCUT2D eigenvalue weighted by atomic mass is 10.2. The van der Waals surface area contributed by atoms with Crippen LogP contribution < -0.4 is 4.74 Å². The Morgan fingerprint density at radius 2 is 2.08 bits per heavy atom. The molecule has 0 saturated carbocycles. The van der Waals surface area contributed by atoms with Crippen LogP contribution in [0.2, 0.25) is 0 Å². The van der Waals surface area contributed by atoms with Crippen molar-refractivity contribution < 1.29 is 24.2 Å². The molecule has 25 heavy (non-hydrogen) atoms. The number of benzene rings is 1. The molecule has 1 amide bonds. The third-order valence-electron chi connectivity index (χ3n) is 4.11. The minimum atomic E-state index is -0.881. The number of amides is 1. The number of carbonyl (C=O) groups excluding carboxylic acids is 1. The van der Waals surface area contributed by atoms with Gasteiger partial charge in [-0.2, -0.15) is 0 Å². The number of aryl methyl sites for hydroxylation is 1. The van der Waals surface area contributed by atoms with Gasteiger partial charge in [-0.1, -0.05) is 19.1 Å². The van der Waals surface area contributed by atoms with Crippen molar-refractivity contribution in [1.82, 2.24) is 9.80 Å². The first kappa shape index (κ1) is 19.2. The summed E-state index contributed by atoms with van der Waals surface area (Å²) in [5, 5.41) is 8.80. The van der Waals surface area contributed by atoms with Gasteiger partial charge in [-0.15, -0.1) is 0 Å². The molecule has 1 aliphatic rings. The van der Waals surface area contributed by atoms with E-state index in [0.717, 1.165) is 6.42 Å². The number of aliphatic carboxylic acids is 1. The highest BCUT2D eigenvalue weighted by Crippen LogP contribution is 2.13. The summed E-state index contributed by atoms with van der Waals surface area (Å²) in [5.41, 5.74) is 1.22. The maximum atomic E-state index is 12.3. The lowest BCUT2D eigenvalue weighted by molar-refractivity contribution is -0.143. The van der Waals surface area contributed by atoms with Crippen LogP contribution in [0.15, 0.2) is 24.3 Å². The maximum Gasteiger partial charge on any atom is 0.317 e. The molecule has 1 aromatic carbocycles. The van der Waals surface area contributed by atoms with Crippen LogP contribution in [-0.2, 0) is 20.7 Å². The van der Waals surface area contributed by atoms with Gasteiger partial charge in [0.15, 0.2) is 6.61 Å². The highest BCUT2D eigenvalue weighted by Gasteiger charge is 2.25. The zero-order valence-corrected chi connectivity index (χ0v) is 14.8. The molecule has 1 aliphatic heterocycles. The molecule has 0 aromatic heterocycles. The normalized spacial score (nSPS) is 17.6. The smallest absolute Gasteiger partial charge is 0.317 e. The molecule has 138 valence electrons. The van der Waals surface area contributed by atoms with Crippen LogP contribution in [0.3, 0.4) is 0 Å². The predicted octanol–water partition coefficient (Wildman–Crippen LogP) is 0.872. The van der Waals surface area contributed by atoms with Crippen LogP contribution in [0.1, 0.15) is 12.5 Å². The van der Waals surface area contributed by atoms with Gasteiger partial charge in [-0.3, -0.25) is 14.5 Å². The van der Waals surface area contributed by atoms with Crippen molar-refractivity contribution in [1.29, 1.82) is 0 Å². The summed E-state index contributed by atoms with van der Waals surface area (Å²) in [5.74, 6) is -0.293. The molecule has 7 nitrogen and oxygen atoms in total. The predicted molar refractivity (Wildman–Crippen MR) is 92.8 cm³/mol. The number of likely N-dealkylation sites (N-methyl/N-ethyl adjacent to an activating group) is 1. The third-order valence-corrected chi connectivity index (χ3v) is 4.11. The Balaban J connectivity index is 1.79. The number of hydrogen-bond acceptors (Lipinski definition) is 5. The largest absolute Gasteiger partial charge is 0.484 e. The summed E-state index contributed by atoms with van der Waals surface area (Å²) >= 11 is 0. The summed E-state index contributed by atoms with van der Waals surface area (Å²) < 4.78 is 11.2. The van der Waals surface area contributed by atoms with Gasteiger partial charge in [0.1, 0.15) is 5.75 Å². The Morgan fingerprint density at radius 3 is 2.72 bits per heavy atom. The lowest BCUT2D eigenvalue weighted by Gasteiger charge is -2.34. The first-order chi connectivity index (χ1) is 12.0. The molecule has 1 atom stereocenters. The fraction of sp³-hybridized carbons (Fsp3) is 0.556. The standard InChI is InChI=1S/C18H26N2O5/c1-3-14-4-6-15(7-5-14)25-13-17(21)20-8-9-24-16(11-20)10-19(2)12-18(22)23/h4-7,16H,3,8-13H2,1-2H3,(H,22,23)/t16-/m0/s1. The van der Waals surface area contributed by atoms with E-state index in [1.807, 2.05) is 24.3 Å². The highest BCUT2D eigenvalue weighted by atomic mass is 16.5. The van der Waals surface area contributed by atoms with Crippen LogP contribution >= 0.6 is 0 Å². The maximum absolute atomic E-state index is 12.3. The fourth-order valence-electron chi connectivity index (χ4n) is 2.76. The van der Waals surface area contributed by atoms with Crippen molar-refractivity contribution in [2.45, 2.75) is 19.4 Å². The molecule has 0 spiro atoms. The molecule has 1 fully saturated rings. The second-order valence-electron chi connectivity index (χ2n) is 6.21. The summed E-state index contributed by atoms with van der Waals surface area (Å²) in [6.45, 7) is 3.91. The number of nitrogens with zero attached hydrogens (tertiary/aromatic N) is 2. The zero-order chi connectivity index (χ0) is 18.2.